The molecule has 0 saturated carbocycles. The minimum Gasteiger partial charge on any atom is -0.411 e. The van der Waals surface area contributed by atoms with Gasteiger partial charge in [-0.15, -0.1) is 23.5 Å². The third-order valence-electron chi connectivity index (χ3n) is 1.12. The van der Waals surface area contributed by atoms with Gasteiger partial charge in [0.05, 0.1) is 0 Å². The van der Waals surface area contributed by atoms with Crippen LogP contribution in [0.4, 0.5) is 0 Å². The maximum atomic E-state index is 8.44. The molecule has 0 unspecified atom stereocenters. The molecule has 0 aliphatic carbocycles. The lowest BCUT2D eigenvalue weighted by atomic mass is 10.8. The predicted molar refractivity (Wildman–Crippen MR) is 63.9 cm³/mol. The summed E-state index contributed by atoms with van der Waals surface area (Å²) < 4.78 is 0. The molecule has 0 saturated heterocycles. The lowest BCUT2D eigenvalue weighted by Crippen LogP contribution is -2.00. The molecule has 0 bridgehead atoms. The summed E-state index contributed by atoms with van der Waals surface area (Å²) in [5.41, 5.74) is 0. The quantitative estimate of drug-likeness (QED) is 0.193. The molecule has 0 aromatic rings. The van der Waals surface area contributed by atoms with E-state index < -0.39 is 0 Å². The van der Waals surface area contributed by atoms with Crippen LogP contribution in [0.5, 0.6) is 0 Å². The summed E-state index contributed by atoms with van der Waals surface area (Å²) in [5.74, 6) is 1.04. The molecule has 0 spiro atoms. The Bertz CT molecular complexity index is 275. The number of hydrogen-bond acceptors (Lipinski definition) is 10. The Morgan fingerprint density at radius 2 is 1.19 bits per heavy atom. The van der Waals surface area contributed by atoms with E-state index in [2.05, 4.69) is 20.6 Å². The van der Waals surface area contributed by atoms with Crippen molar-refractivity contribution in [2.24, 2.45) is 20.6 Å². The molecule has 0 fully saturated rings. The third kappa shape index (κ3) is 6.95. The lowest BCUT2D eigenvalue weighted by Gasteiger charge is -1.98. The largest absolute Gasteiger partial charge is 0.411 e. The average Bonchev–Trinajstić information content (AvgIpc) is 2.31. The van der Waals surface area contributed by atoms with E-state index in [1.54, 1.807) is 0 Å². The molecule has 0 aliphatic rings. The smallest absolute Gasteiger partial charge is 0.157 e. The van der Waals surface area contributed by atoms with E-state index in [0.29, 0.717) is 11.5 Å². The van der Waals surface area contributed by atoms with E-state index in [1.807, 2.05) is 0 Å². The Balaban J connectivity index is 3.83. The van der Waals surface area contributed by atoms with Crippen molar-refractivity contribution in [3.8, 4) is 0 Å². The molecule has 0 aromatic carbocycles. The first kappa shape index (κ1) is 14.6. The summed E-state index contributed by atoms with van der Waals surface area (Å²) in [5, 5.41) is 44.7. The van der Waals surface area contributed by atoms with E-state index in [-0.39, 0.29) is 10.1 Å². The van der Waals surface area contributed by atoms with E-state index >= 15 is 0 Å². The van der Waals surface area contributed by atoms with Crippen LogP contribution in [0.2, 0.25) is 0 Å². The van der Waals surface area contributed by atoms with Gasteiger partial charge in [0.15, 0.2) is 10.1 Å². The minimum atomic E-state index is 0.154. The summed E-state index contributed by atoms with van der Waals surface area (Å²) in [6.45, 7) is 0. The Morgan fingerprint density at radius 3 is 1.44 bits per heavy atom. The summed E-state index contributed by atoms with van der Waals surface area (Å²) >= 11 is 2.29. The zero-order chi connectivity index (χ0) is 12.2. The Morgan fingerprint density at radius 1 is 0.812 bits per heavy atom. The number of rotatable bonds is 5. The molecule has 0 amide bonds. The SMILES string of the molecule is O/N=C(/C=N/O)SCCSC(/C=N/O)=N/O. The predicted octanol–water partition coefficient (Wildman–Crippen LogP) is 0.948. The van der Waals surface area contributed by atoms with Crippen LogP contribution in [0.1, 0.15) is 0 Å². The van der Waals surface area contributed by atoms with Crippen LogP contribution in [-0.2, 0) is 0 Å². The van der Waals surface area contributed by atoms with Gasteiger partial charge in [0.2, 0.25) is 0 Å². The average molecular weight is 266 g/mol. The van der Waals surface area contributed by atoms with Gasteiger partial charge in [-0.05, 0) is 0 Å². The summed E-state index contributed by atoms with van der Waals surface area (Å²) in [6, 6.07) is 0. The summed E-state index contributed by atoms with van der Waals surface area (Å²) in [6.07, 6.45) is 1.98. The highest BCUT2D eigenvalue weighted by Crippen LogP contribution is 2.09. The molecular formula is C6H10N4O4S2. The molecule has 0 aromatic heterocycles. The van der Waals surface area contributed by atoms with Crippen molar-refractivity contribution in [1.82, 2.24) is 0 Å². The topological polar surface area (TPSA) is 130 Å². The van der Waals surface area contributed by atoms with Gasteiger partial charge in [0.1, 0.15) is 12.4 Å². The first-order valence-electron chi connectivity index (χ1n) is 3.83. The van der Waals surface area contributed by atoms with Crippen molar-refractivity contribution in [1.29, 1.82) is 0 Å². The van der Waals surface area contributed by atoms with Gasteiger partial charge in [-0.1, -0.05) is 20.6 Å². The highest BCUT2D eigenvalue weighted by atomic mass is 32.2. The molecule has 90 valence electrons. The molecule has 0 aliphatic heterocycles. The lowest BCUT2D eigenvalue weighted by molar-refractivity contribution is 0.317. The zero-order valence-electron chi connectivity index (χ0n) is 7.96. The van der Waals surface area contributed by atoms with Crippen molar-refractivity contribution < 1.29 is 20.8 Å². The Labute approximate surface area is 99.4 Å². The molecule has 10 heteroatoms. The number of oxime groups is 4. The van der Waals surface area contributed by atoms with E-state index in [9.17, 15) is 0 Å². The Kier molecular flexibility index (Phi) is 9.21. The zero-order valence-corrected chi connectivity index (χ0v) is 9.60. The van der Waals surface area contributed by atoms with Crippen molar-refractivity contribution in [3.63, 3.8) is 0 Å². The van der Waals surface area contributed by atoms with E-state index in [1.165, 1.54) is 0 Å². The van der Waals surface area contributed by atoms with Gasteiger partial charge in [-0.2, -0.15) is 0 Å². The normalized spacial score (nSPS) is 14.0. The molecule has 0 atom stereocenters. The standard InChI is InChI=1S/C6H10N4O4S2/c11-7-3-5(9-13)15-1-2-16-6(10-14)4-8-12/h3-4,11-14H,1-2H2/b7-3+,8-4+,9-5-,10-6+. The maximum absolute atomic E-state index is 8.44. The van der Waals surface area contributed by atoms with Gasteiger partial charge in [0.25, 0.3) is 0 Å². The van der Waals surface area contributed by atoms with Gasteiger partial charge < -0.3 is 20.8 Å². The van der Waals surface area contributed by atoms with Crippen LogP contribution in [0.25, 0.3) is 0 Å². The van der Waals surface area contributed by atoms with Crippen LogP contribution >= 0.6 is 23.5 Å². The fourth-order valence-corrected chi connectivity index (χ4v) is 2.02. The number of nitrogens with zero attached hydrogens (tertiary/aromatic N) is 4. The highest BCUT2D eigenvalue weighted by molar-refractivity contribution is 8.18. The maximum Gasteiger partial charge on any atom is 0.157 e. The van der Waals surface area contributed by atoms with E-state index in [4.69, 9.17) is 20.8 Å². The third-order valence-corrected chi connectivity index (χ3v) is 3.16. The van der Waals surface area contributed by atoms with Crippen LogP contribution in [-0.4, -0.2) is 54.9 Å². The first-order valence-corrected chi connectivity index (χ1v) is 5.80. The molecule has 0 rings (SSSR count). The number of thioether (sulfide) groups is 2. The molecule has 4 N–H and O–H groups in total. The minimum absolute atomic E-state index is 0.154. The fraction of sp³-hybridized carbons (Fsp3) is 0.333. The molecule has 0 heterocycles. The van der Waals surface area contributed by atoms with Crippen LogP contribution < -0.4 is 0 Å². The first-order chi connectivity index (χ1) is 7.78. The van der Waals surface area contributed by atoms with Gasteiger partial charge >= 0.3 is 0 Å². The van der Waals surface area contributed by atoms with Gasteiger partial charge in [-0.25, -0.2) is 0 Å². The molecule has 8 nitrogen and oxygen atoms in total. The van der Waals surface area contributed by atoms with Crippen LogP contribution in [0.3, 0.4) is 0 Å². The second-order valence-electron chi connectivity index (χ2n) is 2.06. The van der Waals surface area contributed by atoms with Crippen LogP contribution in [0.15, 0.2) is 20.6 Å². The molecular weight excluding hydrogens is 256 g/mol. The van der Waals surface area contributed by atoms with Gasteiger partial charge in [0, 0.05) is 11.5 Å². The van der Waals surface area contributed by atoms with Crippen molar-refractivity contribution in [3.05, 3.63) is 0 Å². The van der Waals surface area contributed by atoms with Gasteiger partial charge in [-0.3, -0.25) is 0 Å². The fourth-order valence-electron chi connectivity index (χ4n) is 0.575. The second-order valence-corrected chi connectivity index (χ2v) is 4.29. The monoisotopic (exact) mass is 266 g/mol. The highest BCUT2D eigenvalue weighted by Gasteiger charge is 2.01. The van der Waals surface area contributed by atoms with Crippen molar-refractivity contribution in [2.75, 3.05) is 11.5 Å². The Hall–Kier alpha value is -1.42. The second kappa shape index (κ2) is 10.1. The molecule has 0 radical (unpaired) electrons. The van der Waals surface area contributed by atoms with Crippen molar-refractivity contribution in [2.45, 2.75) is 0 Å². The summed E-state index contributed by atoms with van der Waals surface area (Å²) in [7, 11) is 0. The molecule has 16 heavy (non-hydrogen) atoms. The summed E-state index contributed by atoms with van der Waals surface area (Å²) in [4.78, 5) is 0. The van der Waals surface area contributed by atoms with Crippen LogP contribution in [0, 0.1) is 0 Å². The van der Waals surface area contributed by atoms with E-state index in [0.717, 1.165) is 36.0 Å². The van der Waals surface area contributed by atoms with Crippen molar-refractivity contribution >= 4 is 46.0 Å². The number of hydrogen-bond donors (Lipinski definition) is 4.